The Hall–Kier alpha value is -2.94. The molecule has 174 valence electrons. The molecule has 1 heterocycles. The summed E-state index contributed by atoms with van der Waals surface area (Å²) < 4.78 is 35.0. The number of hydrogen-bond donors (Lipinski definition) is 2. The van der Waals surface area contributed by atoms with Gasteiger partial charge >= 0.3 is 0 Å². The van der Waals surface area contributed by atoms with Crippen LogP contribution < -0.4 is 14.8 Å². The van der Waals surface area contributed by atoms with Crippen LogP contribution in [0.1, 0.15) is 19.8 Å². The number of sulfonamides is 1. The maximum absolute atomic E-state index is 13.2. The van der Waals surface area contributed by atoms with E-state index in [1.807, 2.05) is 55.5 Å². The highest BCUT2D eigenvalue weighted by Gasteiger charge is 2.27. The third-order valence-electron chi connectivity index (χ3n) is 5.77. The molecule has 1 fully saturated rings. The van der Waals surface area contributed by atoms with E-state index in [4.69, 9.17) is 4.74 Å². The summed E-state index contributed by atoms with van der Waals surface area (Å²) in [7, 11) is -3.70. The van der Waals surface area contributed by atoms with Crippen molar-refractivity contribution in [1.29, 1.82) is 0 Å². The highest BCUT2D eigenvalue weighted by Crippen LogP contribution is 2.31. The number of hydrogen-bond acceptors (Lipinski definition) is 5. The Morgan fingerprint density at radius 1 is 0.970 bits per heavy atom. The second-order valence-electron chi connectivity index (χ2n) is 8.13. The molecule has 1 aliphatic rings. The predicted molar refractivity (Wildman–Crippen MR) is 130 cm³/mol. The Labute approximate surface area is 194 Å². The van der Waals surface area contributed by atoms with E-state index in [0.29, 0.717) is 43.7 Å². The number of nitrogens with one attached hydrogen (secondary N) is 2. The molecule has 0 radical (unpaired) electrons. The first-order chi connectivity index (χ1) is 16.0. The largest absolute Gasteiger partial charge is 0.493 e. The van der Waals surface area contributed by atoms with Crippen molar-refractivity contribution in [2.75, 3.05) is 31.6 Å². The van der Waals surface area contributed by atoms with Crippen LogP contribution in [0.2, 0.25) is 0 Å². The molecule has 3 aromatic carbocycles. The topological polar surface area (TPSA) is 87.7 Å². The lowest BCUT2D eigenvalue weighted by molar-refractivity contribution is -0.117. The monoisotopic (exact) mass is 467 g/mol. The molecule has 33 heavy (non-hydrogen) atoms. The third-order valence-corrected chi connectivity index (χ3v) is 7.35. The van der Waals surface area contributed by atoms with Gasteiger partial charge in [-0.15, -0.1) is 0 Å². The van der Waals surface area contributed by atoms with Crippen LogP contribution in [0.3, 0.4) is 0 Å². The Bertz CT molecular complexity index is 1210. The van der Waals surface area contributed by atoms with Gasteiger partial charge in [-0.2, -0.15) is 0 Å². The van der Waals surface area contributed by atoms with Crippen molar-refractivity contribution in [2.45, 2.75) is 30.7 Å². The molecule has 0 aliphatic carbocycles. The number of anilines is 1. The smallest absolute Gasteiger partial charge is 0.241 e. The van der Waals surface area contributed by atoms with Crippen molar-refractivity contribution in [2.24, 2.45) is 0 Å². The molecule has 4 rings (SSSR count). The van der Waals surface area contributed by atoms with Crippen LogP contribution in [0, 0.1) is 0 Å². The van der Waals surface area contributed by atoms with Crippen molar-refractivity contribution in [1.82, 2.24) is 9.62 Å². The number of carbonyl (C=O) groups is 1. The second kappa shape index (κ2) is 10.3. The number of ether oxygens (including phenoxy) is 1. The number of carbonyl (C=O) groups excluding carboxylic acids is 1. The summed E-state index contributed by atoms with van der Waals surface area (Å²) >= 11 is 0. The first-order valence-electron chi connectivity index (χ1n) is 11.2. The summed E-state index contributed by atoms with van der Waals surface area (Å²) in [6.07, 6.45) is 1.29. The average Bonchev–Trinajstić information content (AvgIpc) is 2.81. The van der Waals surface area contributed by atoms with E-state index in [0.717, 1.165) is 11.1 Å². The Balaban J connectivity index is 1.37. The van der Waals surface area contributed by atoms with Crippen LogP contribution in [-0.4, -0.2) is 51.5 Å². The van der Waals surface area contributed by atoms with Gasteiger partial charge in [-0.25, -0.2) is 13.1 Å². The lowest BCUT2D eigenvalue weighted by Crippen LogP contribution is -2.46. The summed E-state index contributed by atoms with van der Waals surface area (Å²) in [4.78, 5) is 14.6. The zero-order chi connectivity index (χ0) is 23.3. The van der Waals surface area contributed by atoms with Crippen LogP contribution in [0.25, 0.3) is 10.8 Å². The van der Waals surface area contributed by atoms with Gasteiger partial charge in [0.2, 0.25) is 15.9 Å². The molecular weight excluding hydrogens is 438 g/mol. The number of rotatable bonds is 8. The van der Waals surface area contributed by atoms with Gasteiger partial charge in [0.25, 0.3) is 0 Å². The second-order valence-corrected chi connectivity index (χ2v) is 9.81. The molecule has 0 aromatic heterocycles. The SMILES string of the molecule is CCOc1ccc(S(=O)(=O)NC2CCN(CC(=O)Nc3ccccc3)CC2)c2ccccc12. The first-order valence-corrected chi connectivity index (χ1v) is 12.7. The maximum atomic E-state index is 13.2. The van der Waals surface area contributed by atoms with Gasteiger partial charge < -0.3 is 10.1 Å². The molecule has 1 amide bonds. The highest BCUT2D eigenvalue weighted by atomic mass is 32.2. The van der Waals surface area contributed by atoms with Gasteiger partial charge in [0.15, 0.2) is 0 Å². The predicted octanol–water partition coefficient (Wildman–Crippen LogP) is 3.62. The lowest BCUT2D eigenvalue weighted by atomic mass is 10.1. The molecule has 3 aromatic rings. The minimum atomic E-state index is -3.70. The summed E-state index contributed by atoms with van der Waals surface area (Å²) in [5.74, 6) is 0.607. The standard InChI is InChI=1S/C25H29N3O4S/c1-2-32-23-12-13-24(22-11-7-6-10-21(22)23)33(30,31)27-20-14-16-28(17-15-20)18-25(29)26-19-8-4-3-5-9-19/h3-13,20,27H,2,14-18H2,1H3,(H,26,29). The molecule has 8 heteroatoms. The van der Waals surface area contributed by atoms with Crippen molar-refractivity contribution in [3.05, 3.63) is 66.7 Å². The normalized spacial score (nSPS) is 15.4. The van der Waals surface area contributed by atoms with Crippen molar-refractivity contribution in [3.8, 4) is 5.75 Å². The van der Waals surface area contributed by atoms with Crippen molar-refractivity contribution >= 4 is 32.4 Å². The molecule has 0 spiro atoms. The first kappa shape index (κ1) is 23.2. The Morgan fingerprint density at radius 2 is 1.64 bits per heavy atom. The lowest BCUT2D eigenvalue weighted by Gasteiger charge is -2.31. The van der Waals surface area contributed by atoms with E-state index in [2.05, 4.69) is 14.9 Å². The number of piperidine rings is 1. The van der Waals surface area contributed by atoms with Gasteiger partial charge in [-0.05, 0) is 44.0 Å². The van der Waals surface area contributed by atoms with E-state index < -0.39 is 10.0 Å². The van der Waals surface area contributed by atoms with Gasteiger partial charge in [0.1, 0.15) is 5.75 Å². The number of benzene rings is 3. The molecule has 7 nitrogen and oxygen atoms in total. The number of fused-ring (bicyclic) bond motifs is 1. The molecule has 2 N–H and O–H groups in total. The summed E-state index contributed by atoms with van der Waals surface area (Å²) in [6, 6.07) is 19.9. The van der Waals surface area contributed by atoms with E-state index >= 15 is 0 Å². The molecular formula is C25H29N3O4S. The minimum Gasteiger partial charge on any atom is -0.493 e. The van der Waals surface area contributed by atoms with Crippen LogP contribution in [-0.2, 0) is 14.8 Å². The fourth-order valence-corrected chi connectivity index (χ4v) is 5.69. The number of likely N-dealkylation sites (tertiary alicyclic amines) is 1. The molecule has 0 bridgehead atoms. The highest BCUT2D eigenvalue weighted by molar-refractivity contribution is 7.89. The minimum absolute atomic E-state index is 0.0684. The van der Waals surface area contributed by atoms with Crippen LogP contribution in [0.15, 0.2) is 71.6 Å². The van der Waals surface area contributed by atoms with Gasteiger partial charge in [0.05, 0.1) is 18.0 Å². The summed E-state index contributed by atoms with van der Waals surface area (Å²) in [6.45, 7) is 4.01. The Kier molecular flexibility index (Phi) is 7.27. The van der Waals surface area contributed by atoms with Crippen LogP contribution >= 0.6 is 0 Å². The molecule has 1 aliphatic heterocycles. The molecule has 0 atom stereocenters. The van der Waals surface area contributed by atoms with Crippen molar-refractivity contribution in [3.63, 3.8) is 0 Å². The fraction of sp³-hybridized carbons (Fsp3) is 0.320. The van der Waals surface area contributed by atoms with Gasteiger partial charge in [0, 0.05) is 35.6 Å². The van der Waals surface area contributed by atoms with E-state index in [-0.39, 0.29) is 23.4 Å². The Morgan fingerprint density at radius 3 is 2.33 bits per heavy atom. The zero-order valence-electron chi connectivity index (χ0n) is 18.7. The van der Waals surface area contributed by atoms with E-state index in [1.165, 1.54) is 0 Å². The van der Waals surface area contributed by atoms with Crippen LogP contribution in [0.5, 0.6) is 5.75 Å². The molecule has 0 unspecified atom stereocenters. The molecule has 0 saturated carbocycles. The summed E-state index contributed by atoms with van der Waals surface area (Å²) in [5.41, 5.74) is 0.771. The third kappa shape index (κ3) is 5.71. The van der Waals surface area contributed by atoms with Gasteiger partial charge in [-0.1, -0.05) is 42.5 Å². The molecule has 1 saturated heterocycles. The van der Waals surface area contributed by atoms with Gasteiger partial charge in [-0.3, -0.25) is 9.69 Å². The average molecular weight is 468 g/mol. The van der Waals surface area contributed by atoms with E-state index in [1.54, 1.807) is 18.2 Å². The quantitative estimate of drug-likeness (QED) is 0.528. The fourth-order valence-electron chi connectivity index (χ4n) is 4.18. The van der Waals surface area contributed by atoms with E-state index in [9.17, 15) is 13.2 Å². The van der Waals surface area contributed by atoms with Crippen molar-refractivity contribution < 1.29 is 17.9 Å². The maximum Gasteiger partial charge on any atom is 0.241 e. The summed E-state index contributed by atoms with van der Waals surface area (Å²) in [5, 5.41) is 4.31. The number of nitrogens with zero attached hydrogens (tertiary/aromatic N) is 1. The van der Waals surface area contributed by atoms with Crippen LogP contribution in [0.4, 0.5) is 5.69 Å². The number of para-hydroxylation sites is 1. The zero-order valence-corrected chi connectivity index (χ0v) is 19.5. The number of amides is 1.